The SMILES string of the molecule is N=C(N)Sc1ccc(O)c(O)c1. The fourth-order valence-corrected chi connectivity index (χ4v) is 1.25. The van der Waals surface area contributed by atoms with Crippen molar-refractivity contribution in [1.29, 1.82) is 5.41 Å². The molecule has 0 saturated carbocycles. The van der Waals surface area contributed by atoms with E-state index in [0.717, 1.165) is 11.8 Å². The van der Waals surface area contributed by atoms with E-state index in [1.807, 2.05) is 0 Å². The third-order valence-electron chi connectivity index (χ3n) is 1.17. The highest BCUT2D eigenvalue weighted by molar-refractivity contribution is 8.13. The zero-order valence-electron chi connectivity index (χ0n) is 6.11. The van der Waals surface area contributed by atoms with Crippen LogP contribution in [0.4, 0.5) is 0 Å². The molecular formula is C7H8N2O2S. The summed E-state index contributed by atoms with van der Waals surface area (Å²) < 4.78 is 0. The summed E-state index contributed by atoms with van der Waals surface area (Å²) >= 11 is 1.01. The molecular weight excluding hydrogens is 176 g/mol. The summed E-state index contributed by atoms with van der Waals surface area (Å²) in [6.45, 7) is 0. The molecule has 5 heteroatoms. The maximum Gasteiger partial charge on any atom is 0.158 e. The van der Waals surface area contributed by atoms with Crippen LogP contribution in [0.25, 0.3) is 0 Å². The Bertz CT molecular complexity index is 314. The molecule has 0 aliphatic heterocycles. The van der Waals surface area contributed by atoms with Gasteiger partial charge in [0.1, 0.15) is 0 Å². The average molecular weight is 184 g/mol. The first-order chi connectivity index (χ1) is 5.59. The van der Waals surface area contributed by atoms with E-state index >= 15 is 0 Å². The number of aromatic hydroxyl groups is 2. The van der Waals surface area contributed by atoms with E-state index in [0.29, 0.717) is 4.90 Å². The second kappa shape index (κ2) is 3.36. The Morgan fingerprint density at radius 1 is 1.33 bits per heavy atom. The van der Waals surface area contributed by atoms with Crippen molar-refractivity contribution in [2.75, 3.05) is 0 Å². The van der Waals surface area contributed by atoms with Gasteiger partial charge in [-0.25, -0.2) is 0 Å². The number of hydrogen-bond donors (Lipinski definition) is 4. The molecule has 0 aromatic heterocycles. The molecule has 5 N–H and O–H groups in total. The molecule has 1 rings (SSSR count). The first-order valence-electron chi connectivity index (χ1n) is 3.13. The maximum atomic E-state index is 9.04. The van der Waals surface area contributed by atoms with Crippen molar-refractivity contribution in [2.45, 2.75) is 4.90 Å². The molecule has 0 spiro atoms. The minimum atomic E-state index is -0.207. The van der Waals surface area contributed by atoms with Crippen molar-refractivity contribution >= 4 is 16.9 Å². The zero-order valence-corrected chi connectivity index (χ0v) is 6.93. The van der Waals surface area contributed by atoms with E-state index in [2.05, 4.69) is 0 Å². The molecule has 0 unspecified atom stereocenters. The number of phenolic OH excluding ortho intramolecular Hbond substituents is 2. The molecule has 4 nitrogen and oxygen atoms in total. The summed E-state index contributed by atoms with van der Waals surface area (Å²) in [7, 11) is 0. The van der Waals surface area contributed by atoms with Crippen molar-refractivity contribution < 1.29 is 10.2 Å². The molecule has 0 fully saturated rings. The number of nitrogens with two attached hydrogens (primary N) is 1. The Hall–Kier alpha value is -1.36. The fourth-order valence-electron chi connectivity index (χ4n) is 0.694. The third-order valence-corrected chi connectivity index (χ3v) is 1.88. The van der Waals surface area contributed by atoms with Gasteiger partial charge in [-0.3, -0.25) is 5.41 Å². The van der Waals surface area contributed by atoms with Crippen LogP contribution in [0.5, 0.6) is 11.5 Å². The predicted molar refractivity (Wildman–Crippen MR) is 47.5 cm³/mol. The molecule has 1 aromatic rings. The summed E-state index contributed by atoms with van der Waals surface area (Å²) in [5.74, 6) is -0.385. The second-order valence-corrected chi connectivity index (χ2v) is 3.23. The van der Waals surface area contributed by atoms with Crippen LogP contribution in [0.15, 0.2) is 23.1 Å². The summed E-state index contributed by atoms with van der Waals surface area (Å²) in [6.07, 6.45) is 0. The van der Waals surface area contributed by atoms with Crippen molar-refractivity contribution in [2.24, 2.45) is 5.73 Å². The van der Waals surface area contributed by atoms with Crippen LogP contribution in [0, 0.1) is 5.41 Å². The van der Waals surface area contributed by atoms with Gasteiger partial charge in [-0.1, -0.05) is 11.8 Å². The summed E-state index contributed by atoms with van der Waals surface area (Å²) in [5.41, 5.74) is 5.11. The van der Waals surface area contributed by atoms with Gasteiger partial charge in [0.05, 0.1) is 0 Å². The standard InChI is InChI=1S/C7H8N2O2S/c8-7(9)12-4-1-2-5(10)6(11)3-4/h1-3,10-11H,(H3,8,9). The molecule has 1 aromatic carbocycles. The smallest absolute Gasteiger partial charge is 0.158 e. The first-order valence-corrected chi connectivity index (χ1v) is 3.95. The molecule has 0 amide bonds. The highest BCUT2D eigenvalue weighted by Crippen LogP contribution is 2.29. The Balaban J connectivity index is 2.89. The van der Waals surface area contributed by atoms with Gasteiger partial charge in [0, 0.05) is 4.90 Å². The normalized spacial score (nSPS) is 9.67. The zero-order chi connectivity index (χ0) is 9.14. The van der Waals surface area contributed by atoms with Crippen molar-refractivity contribution in [3.63, 3.8) is 0 Å². The van der Waals surface area contributed by atoms with E-state index in [1.165, 1.54) is 12.1 Å². The Kier molecular flexibility index (Phi) is 2.44. The summed E-state index contributed by atoms with van der Waals surface area (Å²) in [4.78, 5) is 0.623. The first kappa shape index (κ1) is 8.73. The minimum absolute atomic E-state index is 0.0555. The number of rotatable bonds is 1. The lowest BCUT2D eigenvalue weighted by atomic mass is 10.3. The molecule has 0 atom stereocenters. The van der Waals surface area contributed by atoms with Gasteiger partial charge < -0.3 is 15.9 Å². The molecule has 0 bridgehead atoms. The van der Waals surface area contributed by atoms with Crippen LogP contribution < -0.4 is 5.73 Å². The van der Waals surface area contributed by atoms with Crippen LogP contribution in [0.3, 0.4) is 0 Å². The predicted octanol–water partition coefficient (Wildman–Crippen LogP) is 1.08. The number of thioether (sulfide) groups is 1. The van der Waals surface area contributed by atoms with Gasteiger partial charge in [-0.15, -0.1) is 0 Å². The largest absolute Gasteiger partial charge is 0.504 e. The second-order valence-electron chi connectivity index (χ2n) is 2.12. The summed E-state index contributed by atoms with van der Waals surface area (Å²) in [5, 5.41) is 24.9. The minimum Gasteiger partial charge on any atom is -0.504 e. The van der Waals surface area contributed by atoms with E-state index in [4.69, 9.17) is 21.4 Å². The van der Waals surface area contributed by atoms with Crippen LogP contribution >= 0.6 is 11.8 Å². The van der Waals surface area contributed by atoms with Crippen LogP contribution in [-0.4, -0.2) is 15.4 Å². The lowest BCUT2D eigenvalue weighted by Gasteiger charge is -2.00. The summed E-state index contributed by atoms with van der Waals surface area (Å²) in [6, 6.07) is 4.27. The molecule has 12 heavy (non-hydrogen) atoms. The van der Waals surface area contributed by atoms with Gasteiger partial charge in [0.15, 0.2) is 16.7 Å². The number of amidine groups is 1. The monoisotopic (exact) mass is 184 g/mol. The number of benzene rings is 1. The topological polar surface area (TPSA) is 90.3 Å². The van der Waals surface area contributed by atoms with E-state index in [9.17, 15) is 0 Å². The lowest BCUT2D eigenvalue weighted by Crippen LogP contribution is -2.02. The average Bonchev–Trinajstić information content (AvgIpc) is 1.96. The fraction of sp³-hybridized carbons (Fsp3) is 0. The molecule has 64 valence electrons. The molecule has 0 saturated heterocycles. The van der Waals surface area contributed by atoms with Gasteiger partial charge in [0.25, 0.3) is 0 Å². The Labute approximate surface area is 73.5 Å². The molecule has 0 heterocycles. The van der Waals surface area contributed by atoms with Crippen LogP contribution in [0.1, 0.15) is 0 Å². The number of hydrogen-bond acceptors (Lipinski definition) is 4. The van der Waals surface area contributed by atoms with E-state index in [1.54, 1.807) is 6.07 Å². The molecule has 0 radical (unpaired) electrons. The van der Waals surface area contributed by atoms with E-state index < -0.39 is 0 Å². The van der Waals surface area contributed by atoms with Gasteiger partial charge in [-0.2, -0.15) is 0 Å². The highest BCUT2D eigenvalue weighted by atomic mass is 32.2. The van der Waals surface area contributed by atoms with Gasteiger partial charge in [-0.05, 0) is 18.2 Å². The van der Waals surface area contributed by atoms with Gasteiger partial charge >= 0.3 is 0 Å². The van der Waals surface area contributed by atoms with E-state index in [-0.39, 0.29) is 16.7 Å². The molecule has 0 aliphatic carbocycles. The molecule has 0 aliphatic rings. The lowest BCUT2D eigenvalue weighted by molar-refractivity contribution is 0.402. The van der Waals surface area contributed by atoms with Crippen molar-refractivity contribution in [1.82, 2.24) is 0 Å². The Morgan fingerprint density at radius 2 is 2.00 bits per heavy atom. The van der Waals surface area contributed by atoms with Crippen LogP contribution in [-0.2, 0) is 0 Å². The quantitative estimate of drug-likeness (QED) is 0.227. The van der Waals surface area contributed by atoms with Gasteiger partial charge in [0.2, 0.25) is 0 Å². The third kappa shape index (κ3) is 2.06. The number of phenols is 2. The number of nitrogens with one attached hydrogen (secondary N) is 1. The Morgan fingerprint density at radius 3 is 2.50 bits per heavy atom. The van der Waals surface area contributed by atoms with Crippen LogP contribution in [0.2, 0.25) is 0 Å². The highest BCUT2D eigenvalue weighted by Gasteiger charge is 2.01. The maximum absolute atomic E-state index is 9.04. The van der Waals surface area contributed by atoms with Crippen molar-refractivity contribution in [3.8, 4) is 11.5 Å². The van der Waals surface area contributed by atoms with Crippen molar-refractivity contribution in [3.05, 3.63) is 18.2 Å².